The molecule has 1 aromatic carbocycles. The zero-order valence-electron chi connectivity index (χ0n) is 10.9. The second-order valence-corrected chi connectivity index (χ2v) is 4.77. The van der Waals surface area contributed by atoms with Crippen LogP contribution in [0.2, 0.25) is 0 Å². The van der Waals surface area contributed by atoms with Crippen LogP contribution in [-0.2, 0) is 16.0 Å². The summed E-state index contributed by atoms with van der Waals surface area (Å²) in [6.45, 7) is 2.87. The number of rotatable bonds is 6. The standard InChI is InChI=1S/C15H21NO2/c1-2-3-4-7-10-18-14-11-12-8-5-6-9-13(12)16-15(14)17/h5-6,8-9,14H,2-4,7,10-11H2,1H3,(H,16,17). The van der Waals surface area contributed by atoms with Crippen molar-refractivity contribution in [1.82, 2.24) is 0 Å². The van der Waals surface area contributed by atoms with Crippen LogP contribution < -0.4 is 5.32 Å². The average molecular weight is 247 g/mol. The third-order valence-corrected chi connectivity index (χ3v) is 3.29. The van der Waals surface area contributed by atoms with Crippen molar-refractivity contribution in [3.05, 3.63) is 29.8 Å². The molecule has 98 valence electrons. The summed E-state index contributed by atoms with van der Waals surface area (Å²) in [6.07, 6.45) is 5.05. The molecule has 0 fully saturated rings. The molecule has 1 unspecified atom stereocenters. The first-order valence-electron chi connectivity index (χ1n) is 6.81. The van der Waals surface area contributed by atoms with Crippen molar-refractivity contribution in [3.63, 3.8) is 0 Å². The van der Waals surface area contributed by atoms with Crippen LogP contribution in [0.25, 0.3) is 0 Å². The molecule has 1 heterocycles. The number of benzene rings is 1. The molecule has 1 aliphatic rings. The Labute approximate surface area is 109 Å². The van der Waals surface area contributed by atoms with E-state index in [4.69, 9.17) is 4.74 Å². The van der Waals surface area contributed by atoms with E-state index in [0.717, 1.165) is 17.7 Å². The van der Waals surface area contributed by atoms with Gasteiger partial charge in [0, 0.05) is 18.7 Å². The average Bonchev–Trinajstić information content (AvgIpc) is 2.39. The van der Waals surface area contributed by atoms with Crippen LogP contribution in [-0.4, -0.2) is 18.6 Å². The van der Waals surface area contributed by atoms with Gasteiger partial charge in [-0.25, -0.2) is 0 Å². The molecule has 3 heteroatoms. The highest BCUT2D eigenvalue weighted by molar-refractivity contribution is 5.97. The van der Waals surface area contributed by atoms with Crippen LogP contribution in [0.4, 0.5) is 5.69 Å². The van der Waals surface area contributed by atoms with Gasteiger partial charge < -0.3 is 10.1 Å². The minimum Gasteiger partial charge on any atom is -0.368 e. The number of unbranched alkanes of at least 4 members (excludes halogenated alkanes) is 3. The molecule has 0 radical (unpaired) electrons. The molecule has 1 atom stereocenters. The lowest BCUT2D eigenvalue weighted by molar-refractivity contribution is -0.127. The first-order valence-corrected chi connectivity index (χ1v) is 6.81. The van der Waals surface area contributed by atoms with E-state index in [1.807, 2.05) is 24.3 Å². The molecule has 0 aromatic heterocycles. The lowest BCUT2D eigenvalue weighted by Gasteiger charge is -2.24. The molecule has 1 aliphatic heterocycles. The first-order chi connectivity index (χ1) is 8.81. The highest BCUT2D eigenvalue weighted by Crippen LogP contribution is 2.23. The van der Waals surface area contributed by atoms with Gasteiger partial charge in [0.05, 0.1) is 0 Å². The number of fused-ring (bicyclic) bond motifs is 1. The van der Waals surface area contributed by atoms with Gasteiger partial charge in [-0.3, -0.25) is 4.79 Å². The number of para-hydroxylation sites is 1. The lowest BCUT2D eigenvalue weighted by atomic mass is 10.0. The zero-order chi connectivity index (χ0) is 12.8. The number of hydrogen-bond donors (Lipinski definition) is 1. The topological polar surface area (TPSA) is 38.3 Å². The Kier molecular flexibility index (Phi) is 4.76. The number of carbonyl (C=O) groups is 1. The van der Waals surface area contributed by atoms with E-state index < -0.39 is 0 Å². The summed E-state index contributed by atoms with van der Waals surface area (Å²) in [5, 5.41) is 2.90. The second kappa shape index (κ2) is 6.55. The smallest absolute Gasteiger partial charge is 0.253 e. The molecule has 0 saturated carbocycles. The van der Waals surface area contributed by atoms with E-state index in [1.165, 1.54) is 19.3 Å². The Hall–Kier alpha value is -1.35. The van der Waals surface area contributed by atoms with E-state index in [-0.39, 0.29) is 12.0 Å². The fraction of sp³-hybridized carbons (Fsp3) is 0.533. The zero-order valence-corrected chi connectivity index (χ0v) is 10.9. The van der Waals surface area contributed by atoms with Gasteiger partial charge in [-0.2, -0.15) is 0 Å². The fourth-order valence-electron chi connectivity index (χ4n) is 2.21. The number of nitrogens with one attached hydrogen (secondary N) is 1. The van der Waals surface area contributed by atoms with Gasteiger partial charge >= 0.3 is 0 Å². The first kappa shape index (κ1) is 13.1. The lowest BCUT2D eigenvalue weighted by Crippen LogP contribution is -2.36. The summed E-state index contributed by atoms with van der Waals surface area (Å²) < 4.78 is 5.69. The molecule has 0 bridgehead atoms. The van der Waals surface area contributed by atoms with Crippen molar-refractivity contribution in [2.75, 3.05) is 11.9 Å². The summed E-state index contributed by atoms with van der Waals surface area (Å²) in [5.74, 6) is -0.0100. The van der Waals surface area contributed by atoms with E-state index in [1.54, 1.807) is 0 Å². The molecule has 0 spiro atoms. The monoisotopic (exact) mass is 247 g/mol. The SMILES string of the molecule is CCCCCCOC1Cc2ccccc2NC1=O. The molecule has 0 aliphatic carbocycles. The maximum absolute atomic E-state index is 11.8. The molecule has 3 nitrogen and oxygen atoms in total. The minimum atomic E-state index is -0.318. The van der Waals surface area contributed by atoms with Gasteiger partial charge in [0.1, 0.15) is 6.10 Å². The van der Waals surface area contributed by atoms with Gasteiger partial charge in [-0.15, -0.1) is 0 Å². The predicted octanol–water partition coefficient (Wildman–Crippen LogP) is 3.15. The maximum Gasteiger partial charge on any atom is 0.253 e. The van der Waals surface area contributed by atoms with Gasteiger partial charge in [0.15, 0.2) is 0 Å². The molecule has 1 N–H and O–H groups in total. The van der Waals surface area contributed by atoms with E-state index in [9.17, 15) is 4.79 Å². The molecular weight excluding hydrogens is 226 g/mol. The molecule has 1 amide bonds. The summed E-state index contributed by atoms with van der Waals surface area (Å²) >= 11 is 0. The van der Waals surface area contributed by atoms with Gasteiger partial charge in [-0.1, -0.05) is 44.4 Å². The number of ether oxygens (including phenoxy) is 1. The second-order valence-electron chi connectivity index (χ2n) is 4.77. The number of carbonyl (C=O) groups excluding carboxylic acids is 1. The highest BCUT2D eigenvalue weighted by atomic mass is 16.5. The Morgan fingerprint density at radius 1 is 1.28 bits per heavy atom. The van der Waals surface area contributed by atoms with Crippen LogP contribution in [0, 0.1) is 0 Å². The quantitative estimate of drug-likeness (QED) is 0.784. The Bertz CT molecular complexity index is 403. The normalized spacial score (nSPS) is 18.3. The van der Waals surface area contributed by atoms with Gasteiger partial charge in [0.2, 0.25) is 0 Å². The van der Waals surface area contributed by atoms with Crippen LogP contribution in [0.5, 0.6) is 0 Å². The predicted molar refractivity (Wildman–Crippen MR) is 72.7 cm³/mol. The molecule has 1 aromatic rings. The molecule has 2 rings (SSSR count). The van der Waals surface area contributed by atoms with Crippen molar-refractivity contribution < 1.29 is 9.53 Å². The van der Waals surface area contributed by atoms with E-state index in [0.29, 0.717) is 13.0 Å². The van der Waals surface area contributed by atoms with E-state index >= 15 is 0 Å². The van der Waals surface area contributed by atoms with Crippen LogP contribution in [0.1, 0.15) is 38.2 Å². The van der Waals surface area contributed by atoms with Crippen LogP contribution in [0.15, 0.2) is 24.3 Å². The summed E-state index contributed by atoms with van der Waals surface area (Å²) in [5.41, 5.74) is 2.09. The molecular formula is C15H21NO2. The van der Waals surface area contributed by atoms with Gasteiger partial charge in [-0.05, 0) is 18.1 Å². The van der Waals surface area contributed by atoms with Crippen LogP contribution >= 0.6 is 0 Å². The fourth-order valence-corrected chi connectivity index (χ4v) is 2.21. The largest absolute Gasteiger partial charge is 0.368 e. The summed E-state index contributed by atoms with van der Waals surface area (Å²) in [7, 11) is 0. The minimum absolute atomic E-state index is 0.0100. The van der Waals surface area contributed by atoms with Gasteiger partial charge in [0.25, 0.3) is 5.91 Å². The third kappa shape index (κ3) is 3.33. The van der Waals surface area contributed by atoms with Crippen molar-refractivity contribution >= 4 is 11.6 Å². The number of amides is 1. The third-order valence-electron chi connectivity index (χ3n) is 3.29. The highest BCUT2D eigenvalue weighted by Gasteiger charge is 2.26. The van der Waals surface area contributed by atoms with Crippen molar-refractivity contribution in [1.29, 1.82) is 0 Å². The van der Waals surface area contributed by atoms with Crippen molar-refractivity contribution in [2.45, 2.75) is 45.1 Å². The summed E-state index contributed by atoms with van der Waals surface area (Å²) in [6, 6.07) is 7.91. The van der Waals surface area contributed by atoms with E-state index in [2.05, 4.69) is 12.2 Å². The Morgan fingerprint density at radius 2 is 2.11 bits per heavy atom. The number of hydrogen-bond acceptors (Lipinski definition) is 2. The van der Waals surface area contributed by atoms with Crippen LogP contribution in [0.3, 0.4) is 0 Å². The van der Waals surface area contributed by atoms with Crippen molar-refractivity contribution in [2.24, 2.45) is 0 Å². The summed E-state index contributed by atoms with van der Waals surface area (Å²) in [4.78, 5) is 11.8. The number of anilines is 1. The van der Waals surface area contributed by atoms with Crippen molar-refractivity contribution in [3.8, 4) is 0 Å². The Morgan fingerprint density at radius 3 is 2.94 bits per heavy atom. The Balaban J connectivity index is 1.82. The molecule has 0 saturated heterocycles. The maximum atomic E-state index is 11.8. The molecule has 18 heavy (non-hydrogen) atoms.